The third kappa shape index (κ3) is 2.61. The van der Waals surface area contributed by atoms with Crippen LogP contribution in [-0.4, -0.2) is 28.8 Å². The minimum atomic E-state index is -0.464. The molecular weight excluding hydrogens is 220 g/mol. The first-order valence-electron chi connectivity index (χ1n) is 5.56. The van der Waals surface area contributed by atoms with Gasteiger partial charge in [0, 0.05) is 30.3 Å². The summed E-state index contributed by atoms with van der Waals surface area (Å²) in [4.78, 5) is 24.1. The fraction of sp³-hybridized carbons (Fsp3) is 0.417. The van der Waals surface area contributed by atoms with Gasteiger partial charge in [-0.05, 0) is 26.8 Å². The van der Waals surface area contributed by atoms with Gasteiger partial charge in [-0.3, -0.25) is 14.9 Å². The molecule has 0 saturated heterocycles. The van der Waals surface area contributed by atoms with Crippen molar-refractivity contribution in [2.45, 2.75) is 20.8 Å². The van der Waals surface area contributed by atoms with Crippen molar-refractivity contribution >= 4 is 11.6 Å². The van der Waals surface area contributed by atoms with Crippen molar-refractivity contribution in [3.8, 4) is 0 Å². The zero-order chi connectivity index (χ0) is 13.0. The second-order valence-corrected chi connectivity index (χ2v) is 3.68. The monoisotopic (exact) mass is 236 g/mol. The highest BCUT2D eigenvalue weighted by atomic mass is 16.6. The summed E-state index contributed by atoms with van der Waals surface area (Å²) >= 11 is 0. The van der Waals surface area contributed by atoms with E-state index < -0.39 is 4.92 Å². The predicted molar refractivity (Wildman–Crippen MR) is 65.1 cm³/mol. The lowest BCUT2D eigenvalue weighted by Gasteiger charge is -2.19. The van der Waals surface area contributed by atoms with Crippen molar-refractivity contribution in [2.75, 3.05) is 13.1 Å². The van der Waals surface area contributed by atoms with Crippen LogP contribution in [0.3, 0.4) is 0 Å². The maximum Gasteiger partial charge on any atom is 0.273 e. The Labute approximate surface area is 100 Å². The molecule has 1 aromatic rings. The van der Waals surface area contributed by atoms with Crippen LogP contribution in [0.5, 0.6) is 0 Å². The second kappa shape index (κ2) is 5.43. The zero-order valence-corrected chi connectivity index (χ0v) is 10.3. The minimum Gasteiger partial charge on any atom is -0.339 e. The Morgan fingerprint density at radius 3 is 2.41 bits per heavy atom. The van der Waals surface area contributed by atoms with E-state index in [4.69, 9.17) is 0 Å². The minimum absolute atomic E-state index is 0.0111. The number of benzene rings is 1. The van der Waals surface area contributed by atoms with Crippen LogP contribution < -0.4 is 0 Å². The molecule has 1 amide bonds. The molecule has 0 spiro atoms. The van der Waals surface area contributed by atoms with Crippen LogP contribution >= 0.6 is 0 Å². The lowest BCUT2D eigenvalue weighted by molar-refractivity contribution is -0.385. The molecule has 5 heteroatoms. The van der Waals surface area contributed by atoms with Crippen LogP contribution in [0.25, 0.3) is 0 Å². The number of nitrogens with zero attached hydrogens (tertiary/aromatic N) is 2. The molecule has 17 heavy (non-hydrogen) atoms. The first-order valence-corrected chi connectivity index (χ1v) is 5.56. The standard InChI is InChI=1S/C12H16N2O3/c1-4-13(5-2)12(15)10-7-6-8-11(9(10)3)14(16)17/h6-8H,4-5H2,1-3H3. The van der Waals surface area contributed by atoms with Crippen LogP contribution in [0, 0.1) is 17.0 Å². The predicted octanol–water partition coefficient (Wildman–Crippen LogP) is 2.39. The number of nitro benzene ring substituents is 1. The van der Waals surface area contributed by atoms with Gasteiger partial charge in [-0.1, -0.05) is 6.07 Å². The number of rotatable bonds is 4. The molecule has 5 nitrogen and oxygen atoms in total. The molecule has 0 N–H and O–H groups in total. The first-order chi connectivity index (χ1) is 8.02. The van der Waals surface area contributed by atoms with Gasteiger partial charge in [0.25, 0.3) is 11.6 Å². The summed E-state index contributed by atoms with van der Waals surface area (Å²) in [5, 5.41) is 10.8. The fourth-order valence-electron chi connectivity index (χ4n) is 1.73. The summed E-state index contributed by atoms with van der Waals surface area (Å²) in [6.07, 6.45) is 0. The van der Waals surface area contributed by atoms with Crippen molar-refractivity contribution in [1.29, 1.82) is 0 Å². The highest BCUT2D eigenvalue weighted by Gasteiger charge is 2.20. The summed E-state index contributed by atoms with van der Waals surface area (Å²) in [6, 6.07) is 4.58. The molecule has 92 valence electrons. The van der Waals surface area contributed by atoms with Crippen LogP contribution in [-0.2, 0) is 0 Å². The van der Waals surface area contributed by atoms with E-state index in [0.717, 1.165) is 0 Å². The summed E-state index contributed by atoms with van der Waals surface area (Å²) in [7, 11) is 0. The van der Waals surface area contributed by atoms with Gasteiger partial charge in [0.1, 0.15) is 0 Å². The van der Waals surface area contributed by atoms with Crippen molar-refractivity contribution in [1.82, 2.24) is 4.90 Å². The van der Waals surface area contributed by atoms with Gasteiger partial charge in [-0.15, -0.1) is 0 Å². The van der Waals surface area contributed by atoms with E-state index in [1.807, 2.05) is 13.8 Å². The van der Waals surface area contributed by atoms with Crippen LogP contribution in [0.2, 0.25) is 0 Å². The molecule has 0 atom stereocenters. The van der Waals surface area contributed by atoms with Crippen molar-refractivity contribution < 1.29 is 9.72 Å². The van der Waals surface area contributed by atoms with Crippen LogP contribution in [0.1, 0.15) is 29.8 Å². The molecule has 1 rings (SSSR count). The number of amides is 1. The Hall–Kier alpha value is -1.91. The van der Waals surface area contributed by atoms with Gasteiger partial charge in [0.15, 0.2) is 0 Å². The third-order valence-electron chi connectivity index (χ3n) is 2.78. The molecule has 0 bridgehead atoms. The van der Waals surface area contributed by atoms with Gasteiger partial charge in [-0.25, -0.2) is 0 Å². The van der Waals surface area contributed by atoms with E-state index in [-0.39, 0.29) is 11.6 Å². The maximum atomic E-state index is 12.1. The highest BCUT2D eigenvalue weighted by Crippen LogP contribution is 2.22. The molecule has 0 aromatic heterocycles. The molecule has 0 aliphatic carbocycles. The van der Waals surface area contributed by atoms with E-state index in [1.54, 1.807) is 24.0 Å². The molecule has 1 aromatic carbocycles. The lowest BCUT2D eigenvalue weighted by atomic mass is 10.1. The summed E-state index contributed by atoms with van der Waals surface area (Å²) in [6.45, 7) is 6.56. The number of hydrogen-bond donors (Lipinski definition) is 0. The average Bonchev–Trinajstić information content (AvgIpc) is 2.30. The van der Waals surface area contributed by atoms with Crippen molar-refractivity contribution in [3.05, 3.63) is 39.4 Å². The molecule has 0 radical (unpaired) electrons. The zero-order valence-electron chi connectivity index (χ0n) is 10.3. The summed E-state index contributed by atoms with van der Waals surface area (Å²) in [5.41, 5.74) is 0.820. The van der Waals surface area contributed by atoms with E-state index in [0.29, 0.717) is 24.2 Å². The molecule has 0 saturated carbocycles. The van der Waals surface area contributed by atoms with Gasteiger partial charge in [0.05, 0.1) is 4.92 Å². The van der Waals surface area contributed by atoms with Gasteiger partial charge in [-0.2, -0.15) is 0 Å². The quantitative estimate of drug-likeness (QED) is 0.595. The third-order valence-corrected chi connectivity index (χ3v) is 2.78. The molecule has 0 aliphatic rings. The largest absolute Gasteiger partial charge is 0.339 e. The molecule has 0 fully saturated rings. The number of nitro groups is 1. The maximum absolute atomic E-state index is 12.1. The molecule has 0 unspecified atom stereocenters. The normalized spacial score (nSPS) is 10.1. The second-order valence-electron chi connectivity index (χ2n) is 3.68. The Bertz CT molecular complexity index is 439. The van der Waals surface area contributed by atoms with Gasteiger partial charge in [0.2, 0.25) is 0 Å². The molecular formula is C12H16N2O3. The van der Waals surface area contributed by atoms with Gasteiger partial charge < -0.3 is 4.90 Å². The summed E-state index contributed by atoms with van der Waals surface area (Å²) in [5.74, 6) is -0.156. The van der Waals surface area contributed by atoms with E-state index >= 15 is 0 Å². The van der Waals surface area contributed by atoms with E-state index in [2.05, 4.69) is 0 Å². The SMILES string of the molecule is CCN(CC)C(=O)c1cccc([N+](=O)[O-])c1C. The Kier molecular flexibility index (Phi) is 4.20. The molecule has 0 aliphatic heterocycles. The Morgan fingerprint density at radius 2 is 1.94 bits per heavy atom. The molecule has 0 heterocycles. The van der Waals surface area contributed by atoms with E-state index in [1.165, 1.54) is 6.07 Å². The Morgan fingerprint density at radius 1 is 1.35 bits per heavy atom. The van der Waals surface area contributed by atoms with Gasteiger partial charge >= 0.3 is 0 Å². The van der Waals surface area contributed by atoms with Crippen molar-refractivity contribution in [2.24, 2.45) is 0 Å². The van der Waals surface area contributed by atoms with E-state index in [9.17, 15) is 14.9 Å². The van der Waals surface area contributed by atoms with Crippen LogP contribution in [0.15, 0.2) is 18.2 Å². The number of carbonyl (C=O) groups excluding carboxylic acids is 1. The Balaban J connectivity index is 3.19. The number of carbonyl (C=O) groups is 1. The first kappa shape index (κ1) is 13.2. The number of hydrogen-bond acceptors (Lipinski definition) is 3. The van der Waals surface area contributed by atoms with Crippen LogP contribution in [0.4, 0.5) is 5.69 Å². The highest BCUT2D eigenvalue weighted by molar-refractivity contribution is 5.96. The smallest absolute Gasteiger partial charge is 0.273 e. The van der Waals surface area contributed by atoms with Crippen molar-refractivity contribution in [3.63, 3.8) is 0 Å². The summed E-state index contributed by atoms with van der Waals surface area (Å²) < 4.78 is 0. The fourth-order valence-corrected chi connectivity index (χ4v) is 1.73. The average molecular weight is 236 g/mol. The topological polar surface area (TPSA) is 63.5 Å². The lowest BCUT2D eigenvalue weighted by Crippen LogP contribution is -2.31.